The summed E-state index contributed by atoms with van der Waals surface area (Å²) >= 11 is 0. The summed E-state index contributed by atoms with van der Waals surface area (Å²) in [5.74, 6) is 1.34. The molecule has 1 amide bonds. The van der Waals surface area contributed by atoms with E-state index in [1.54, 1.807) is 6.20 Å². The lowest BCUT2D eigenvalue weighted by Gasteiger charge is -2.28. The van der Waals surface area contributed by atoms with Crippen molar-refractivity contribution in [3.8, 4) is 0 Å². The number of aromatic nitrogens is 1. The number of hydrogen-bond donors (Lipinski definition) is 2. The Labute approximate surface area is 124 Å². The average molecular weight is 290 g/mol. The van der Waals surface area contributed by atoms with Crippen LogP contribution in [0.2, 0.25) is 0 Å². The first-order chi connectivity index (χ1) is 10.3. The molecule has 2 N–H and O–H groups in total. The van der Waals surface area contributed by atoms with Gasteiger partial charge in [-0.3, -0.25) is 4.79 Å². The summed E-state index contributed by atoms with van der Waals surface area (Å²) in [6, 6.07) is 3.84. The van der Waals surface area contributed by atoms with E-state index in [2.05, 4.69) is 20.5 Å². The minimum Gasteiger partial charge on any atom is -0.378 e. The summed E-state index contributed by atoms with van der Waals surface area (Å²) in [5, 5.41) is 5.98. The SMILES string of the molecule is O=C(CNCC1CC1)Nc1ccc(N2CCOCC2)cn1. The smallest absolute Gasteiger partial charge is 0.239 e. The van der Waals surface area contributed by atoms with E-state index in [-0.39, 0.29) is 5.91 Å². The van der Waals surface area contributed by atoms with Crippen LogP contribution in [0.3, 0.4) is 0 Å². The molecule has 6 nitrogen and oxygen atoms in total. The molecule has 1 saturated heterocycles. The molecule has 0 aromatic carbocycles. The van der Waals surface area contributed by atoms with Crippen molar-refractivity contribution in [2.24, 2.45) is 5.92 Å². The summed E-state index contributed by atoms with van der Waals surface area (Å²) in [6.45, 7) is 4.58. The number of anilines is 2. The van der Waals surface area contributed by atoms with Gasteiger partial charge in [0.25, 0.3) is 0 Å². The number of amides is 1. The Morgan fingerprint density at radius 1 is 1.33 bits per heavy atom. The molecule has 0 radical (unpaired) electrons. The molecule has 6 heteroatoms. The highest BCUT2D eigenvalue weighted by molar-refractivity contribution is 5.91. The Kier molecular flexibility index (Phi) is 4.67. The van der Waals surface area contributed by atoms with Crippen LogP contribution in [-0.4, -0.2) is 50.3 Å². The molecule has 21 heavy (non-hydrogen) atoms. The van der Waals surface area contributed by atoms with Gasteiger partial charge in [-0.15, -0.1) is 0 Å². The number of pyridine rings is 1. The number of ether oxygens (including phenoxy) is 1. The van der Waals surface area contributed by atoms with Gasteiger partial charge in [0, 0.05) is 13.1 Å². The van der Waals surface area contributed by atoms with E-state index in [0.29, 0.717) is 12.4 Å². The molecule has 0 unspecified atom stereocenters. The third-order valence-electron chi connectivity index (χ3n) is 3.81. The fraction of sp³-hybridized carbons (Fsp3) is 0.600. The molecule has 2 heterocycles. The molecule has 0 bridgehead atoms. The van der Waals surface area contributed by atoms with Gasteiger partial charge in [-0.2, -0.15) is 0 Å². The Hall–Kier alpha value is -1.66. The Morgan fingerprint density at radius 2 is 2.14 bits per heavy atom. The lowest BCUT2D eigenvalue weighted by molar-refractivity contribution is -0.115. The summed E-state index contributed by atoms with van der Waals surface area (Å²) in [6.07, 6.45) is 4.39. The number of carbonyl (C=O) groups is 1. The largest absolute Gasteiger partial charge is 0.378 e. The summed E-state index contributed by atoms with van der Waals surface area (Å²) in [5.41, 5.74) is 1.07. The first-order valence-corrected chi connectivity index (χ1v) is 7.60. The highest BCUT2D eigenvalue weighted by Crippen LogP contribution is 2.27. The zero-order chi connectivity index (χ0) is 14.5. The average Bonchev–Trinajstić information content (AvgIpc) is 3.33. The molecule has 0 spiro atoms. The van der Waals surface area contributed by atoms with Gasteiger partial charge in [-0.1, -0.05) is 0 Å². The molecule has 1 aromatic rings. The summed E-state index contributed by atoms with van der Waals surface area (Å²) < 4.78 is 5.33. The Balaban J connectivity index is 1.45. The first-order valence-electron chi connectivity index (χ1n) is 7.60. The number of nitrogens with one attached hydrogen (secondary N) is 2. The summed E-state index contributed by atoms with van der Waals surface area (Å²) in [4.78, 5) is 18.3. The summed E-state index contributed by atoms with van der Waals surface area (Å²) in [7, 11) is 0. The van der Waals surface area contributed by atoms with Gasteiger partial charge in [0.2, 0.25) is 5.91 Å². The van der Waals surface area contributed by atoms with Crippen LogP contribution in [-0.2, 0) is 9.53 Å². The van der Waals surface area contributed by atoms with Crippen LogP contribution in [0.1, 0.15) is 12.8 Å². The van der Waals surface area contributed by atoms with Crippen LogP contribution in [0.4, 0.5) is 11.5 Å². The van der Waals surface area contributed by atoms with Crippen molar-refractivity contribution in [1.29, 1.82) is 0 Å². The number of rotatable bonds is 6. The van der Waals surface area contributed by atoms with Crippen molar-refractivity contribution in [2.75, 3.05) is 49.6 Å². The van der Waals surface area contributed by atoms with E-state index in [1.165, 1.54) is 12.8 Å². The standard InChI is InChI=1S/C15H22N4O2/c20-15(11-16-9-12-1-2-12)18-14-4-3-13(10-17-14)19-5-7-21-8-6-19/h3-4,10,12,16H,1-2,5-9,11H2,(H,17,18,20). The van der Waals surface area contributed by atoms with Gasteiger partial charge >= 0.3 is 0 Å². The Bertz CT molecular complexity index is 467. The van der Waals surface area contributed by atoms with Gasteiger partial charge in [0.05, 0.1) is 31.6 Å². The Morgan fingerprint density at radius 3 is 2.81 bits per heavy atom. The van der Waals surface area contributed by atoms with Crippen LogP contribution in [0.25, 0.3) is 0 Å². The maximum atomic E-state index is 11.8. The predicted molar refractivity (Wildman–Crippen MR) is 81.5 cm³/mol. The normalized spacial score (nSPS) is 18.6. The molecule has 2 aliphatic rings. The zero-order valence-electron chi connectivity index (χ0n) is 12.2. The minimum absolute atomic E-state index is 0.0396. The lowest BCUT2D eigenvalue weighted by atomic mass is 10.3. The number of hydrogen-bond acceptors (Lipinski definition) is 5. The monoisotopic (exact) mass is 290 g/mol. The van der Waals surface area contributed by atoms with Gasteiger partial charge in [-0.25, -0.2) is 4.98 Å². The van der Waals surface area contributed by atoms with E-state index < -0.39 is 0 Å². The van der Waals surface area contributed by atoms with Crippen molar-refractivity contribution < 1.29 is 9.53 Å². The zero-order valence-corrected chi connectivity index (χ0v) is 12.2. The molecule has 3 rings (SSSR count). The molecular formula is C15H22N4O2. The minimum atomic E-state index is -0.0396. The van der Waals surface area contributed by atoms with Crippen molar-refractivity contribution >= 4 is 17.4 Å². The van der Waals surface area contributed by atoms with E-state index >= 15 is 0 Å². The van der Waals surface area contributed by atoms with Gasteiger partial charge in [0.1, 0.15) is 5.82 Å². The van der Waals surface area contributed by atoms with Crippen LogP contribution in [0.5, 0.6) is 0 Å². The molecule has 1 aliphatic heterocycles. The topological polar surface area (TPSA) is 66.5 Å². The molecule has 114 valence electrons. The maximum absolute atomic E-state index is 11.8. The van der Waals surface area contributed by atoms with E-state index in [0.717, 1.165) is 44.5 Å². The maximum Gasteiger partial charge on any atom is 0.239 e. The van der Waals surface area contributed by atoms with Crippen molar-refractivity contribution in [3.63, 3.8) is 0 Å². The fourth-order valence-corrected chi connectivity index (χ4v) is 2.37. The van der Waals surface area contributed by atoms with Crippen LogP contribution < -0.4 is 15.5 Å². The number of morpholine rings is 1. The van der Waals surface area contributed by atoms with Crippen molar-refractivity contribution in [1.82, 2.24) is 10.3 Å². The fourth-order valence-electron chi connectivity index (χ4n) is 2.37. The molecule has 2 fully saturated rings. The molecule has 1 aliphatic carbocycles. The highest BCUT2D eigenvalue weighted by atomic mass is 16.5. The molecule has 0 atom stereocenters. The first kappa shape index (κ1) is 14.3. The lowest BCUT2D eigenvalue weighted by Crippen LogP contribution is -2.36. The van der Waals surface area contributed by atoms with Crippen molar-refractivity contribution in [2.45, 2.75) is 12.8 Å². The number of nitrogens with zero attached hydrogens (tertiary/aromatic N) is 2. The van der Waals surface area contributed by atoms with E-state index in [9.17, 15) is 4.79 Å². The van der Waals surface area contributed by atoms with E-state index in [4.69, 9.17) is 4.74 Å². The van der Waals surface area contributed by atoms with Crippen LogP contribution >= 0.6 is 0 Å². The van der Waals surface area contributed by atoms with Gasteiger partial charge < -0.3 is 20.3 Å². The predicted octanol–water partition coefficient (Wildman–Crippen LogP) is 0.856. The third kappa shape index (κ3) is 4.41. The number of carbonyl (C=O) groups excluding carboxylic acids is 1. The second kappa shape index (κ2) is 6.87. The highest BCUT2D eigenvalue weighted by Gasteiger charge is 2.20. The second-order valence-corrected chi connectivity index (χ2v) is 5.62. The molecule has 1 saturated carbocycles. The second-order valence-electron chi connectivity index (χ2n) is 5.62. The van der Waals surface area contributed by atoms with Crippen LogP contribution in [0, 0.1) is 5.92 Å². The molecular weight excluding hydrogens is 268 g/mol. The third-order valence-corrected chi connectivity index (χ3v) is 3.81. The van der Waals surface area contributed by atoms with Crippen molar-refractivity contribution in [3.05, 3.63) is 18.3 Å². The van der Waals surface area contributed by atoms with Gasteiger partial charge in [0.15, 0.2) is 0 Å². The quantitative estimate of drug-likeness (QED) is 0.813. The van der Waals surface area contributed by atoms with E-state index in [1.807, 2.05) is 12.1 Å². The van der Waals surface area contributed by atoms with Crippen LogP contribution in [0.15, 0.2) is 18.3 Å². The van der Waals surface area contributed by atoms with Gasteiger partial charge in [-0.05, 0) is 37.4 Å². The molecule has 1 aromatic heterocycles.